The quantitative estimate of drug-likeness (QED) is 0.283. The van der Waals surface area contributed by atoms with E-state index in [1.54, 1.807) is 28.9 Å². The standard InChI is InChI=1S/C22H22N4O5/c1-14-18(20(27)26(25(14)2)17-8-6-5-7-9-17)15-10-12-16(13-11-15)23-24-19(21(28)30-3)22(29)31-4/h5-13,23H,1-4H3. The Kier molecular flexibility index (Phi) is 6.35. The number of methoxy groups -OCH3 is 2. The molecule has 0 aliphatic rings. The number of nitrogens with one attached hydrogen (secondary N) is 1. The molecule has 0 spiro atoms. The highest BCUT2D eigenvalue weighted by Crippen LogP contribution is 2.23. The molecular formula is C22H22N4O5. The molecule has 0 atom stereocenters. The first-order chi connectivity index (χ1) is 14.9. The van der Waals surface area contributed by atoms with Gasteiger partial charge in [0.05, 0.1) is 31.2 Å². The molecule has 0 aliphatic carbocycles. The van der Waals surface area contributed by atoms with Crippen LogP contribution in [0.1, 0.15) is 5.69 Å². The van der Waals surface area contributed by atoms with Gasteiger partial charge in [0.25, 0.3) is 11.3 Å². The summed E-state index contributed by atoms with van der Waals surface area (Å²) in [7, 11) is 4.11. The number of ether oxygens (including phenoxy) is 2. The summed E-state index contributed by atoms with van der Waals surface area (Å²) in [5.41, 5.74) is 5.36. The first kappa shape index (κ1) is 21.6. The second-order valence-electron chi connectivity index (χ2n) is 6.57. The third-order valence-electron chi connectivity index (χ3n) is 4.78. The van der Waals surface area contributed by atoms with Crippen molar-refractivity contribution in [1.82, 2.24) is 9.36 Å². The van der Waals surface area contributed by atoms with Gasteiger partial charge in [-0.2, -0.15) is 5.10 Å². The number of benzene rings is 2. The van der Waals surface area contributed by atoms with Crippen LogP contribution in [0, 0.1) is 6.92 Å². The van der Waals surface area contributed by atoms with Gasteiger partial charge in [-0.3, -0.25) is 14.9 Å². The van der Waals surface area contributed by atoms with Crippen LogP contribution in [0.4, 0.5) is 5.69 Å². The second-order valence-corrected chi connectivity index (χ2v) is 6.57. The van der Waals surface area contributed by atoms with Gasteiger partial charge in [-0.25, -0.2) is 14.3 Å². The van der Waals surface area contributed by atoms with Crippen LogP contribution in [-0.2, 0) is 26.1 Å². The molecule has 0 fully saturated rings. The van der Waals surface area contributed by atoms with Crippen molar-refractivity contribution in [1.29, 1.82) is 0 Å². The summed E-state index contributed by atoms with van der Waals surface area (Å²) >= 11 is 0. The zero-order valence-electron chi connectivity index (χ0n) is 17.6. The minimum Gasteiger partial charge on any atom is -0.464 e. The van der Waals surface area contributed by atoms with Crippen molar-refractivity contribution in [2.75, 3.05) is 19.6 Å². The molecule has 3 rings (SSSR count). The SMILES string of the molecule is COC(=O)C(=NNc1ccc(-c2c(C)n(C)n(-c3ccccc3)c2=O)cc1)C(=O)OC. The molecule has 0 saturated heterocycles. The number of carbonyl (C=O) groups excluding carboxylic acids is 2. The number of esters is 2. The maximum Gasteiger partial charge on any atom is 0.366 e. The van der Waals surface area contributed by atoms with Crippen LogP contribution in [-0.4, -0.2) is 41.2 Å². The highest BCUT2D eigenvalue weighted by atomic mass is 16.5. The van der Waals surface area contributed by atoms with Crippen molar-refractivity contribution in [3.8, 4) is 16.8 Å². The highest BCUT2D eigenvalue weighted by Gasteiger charge is 2.22. The van der Waals surface area contributed by atoms with E-state index in [0.717, 1.165) is 31.2 Å². The lowest BCUT2D eigenvalue weighted by Crippen LogP contribution is -2.27. The number of carbonyl (C=O) groups is 2. The molecule has 0 aliphatic heterocycles. The van der Waals surface area contributed by atoms with Gasteiger partial charge in [-0.1, -0.05) is 30.3 Å². The molecule has 31 heavy (non-hydrogen) atoms. The zero-order valence-corrected chi connectivity index (χ0v) is 17.6. The maximum atomic E-state index is 13.1. The molecule has 3 aromatic rings. The van der Waals surface area contributed by atoms with Gasteiger partial charge < -0.3 is 9.47 Å². The van der Waals surface area contributed by atoms with Crippen LogP contribution >= 0.6 is 0 Å². The normalized spacial score (nSPS) is 10.3. The van der Waals surface area contributed by atoms with Crippen LogP contribution in [0.2, 0.25) is 0 Å². The third kappa shape index (κ3) is 4.25. The molecule has 1 heterocycles. The van der Waals surface area contributed by atoms with Crippen molar-refractivity contribution < 1.29 is 19.1 Å². The molecule has 0 radical (unpaired) electrons. The minimum atomic E-state index is -0.919. The molecular weight excluding hydrogens is 400 g/mol. The van der Waals surface area contributed by atoms with E-state index in [4.69, 9.17) is 0 Å². The van der Waals surface area contributed by atoms with Gasteiger partial charge in [0.1, 0.15) is 0 Å². The number of hydrogen-bond acceptors (Lipinski definition) is 7. The van der Waals surface area contributed by atoms with Crippen LogP contribution in [0.25, 0.3) is 16.8 Å². The highest BCUT2D eigenvalue weighted by molar-refractivity contribution is 6.62. The van der Waals surface area contributed by atoms with Crippen molar-refractivity contribution in [2.45, 2.75) is 6.92 Å². The van der Waals surface area contributed by atoms with E-state index in [2.05, 4.69) is 20.0 Å². The molecule has 0 bridgehead atoms. The largest absolute Gasteiger partial charge is 0.464 e. The first-order valence-electron chi connectivity index (χ1n) is 9.33. The summed E-state index contributed by atoms with van der Waals surface area (Å²) in [6.45, 7) is 1.88. The van der Waals surface area contributed by atoms with Gasteiger partial charge >= 0.3 is 11.9 Å². The number of anilines is 1. The smallest absolute Gasteiger partial charge is 0.366 e. The predicted molar refractivity (Wildman–Crippen MR) is 116 cm³/mol. The monoisotopic (exact) mass is 422 g/mol. The molecule has 1 aromatic heterocycles. The van der Waals surface area contributed by atoms with Gasteiger partial charge in [0, 0.05) is 12.7 Å². The number of rotatable bonds is 6. The van der Waals surface area contributed by atoms with Crippen LogP contribution in [0.5, 0.6) is 0 Å². The van der Waals surface area contributed by atoms with Gasteiger partial charge in [-0.15, -0.1) is 0 Å². The van der Waals surface area contributed by atoms with Crippen molar-refractivity contribution in [3.05, 3.63) is 70.6 Å². The summed E-state index contributed by atoms with van der Waals surface area (Å²) in [5.74, 6) is -1.84. The van der Waals surface area contributed by atoms with E-state index < -0.39 is 17.7 Å². The Morgan fingerprint density at radius 2 is 1.52 bits per heavy atom. The average molecular weight is 422 g/mol. The lowest BCUT2D eigenvalue weighted by atomic mass is 10.1. The van der Waals surface area contributed by atoms with Crippen molar-refractivity contribution in [3.63, 3.8) is 0 Å². The third-order valence-corrected chi connectivity index (χ3v) is 4.78. The predicted octanol–water partition coefficient (Wildman–Crippen LogP) is 2.27. The molecule has 0 amide bonds. The van der Waals surface area contributed by atoms with Crippen LogP contribution < -0.4 is 11.0 Å². The maximum absolute atomic E-state index is 13.1. The van der Waals surface area contributed by atoms with E-state index in [9.17, 15) is 14.4 Å². The first-order valence-corrected chi connectivity index (χ1v) is 9.33. The Labute approximate surface area is 178 Å². The summed E-state index contributed by atoms with van der Waals surface area (Å²) in [4.78, 5) is 36.5. The minimum absolute atomic E-state index is 0.136. The lowest BCUT2D eigenvalue weighted by molar-refractivity contribution is -0.138. The number of hydrogen-bond donors (Lipinski definition) is 1. The molecule has 0 saturated carbocycles. The summed E-state index contributed by atoms with van der Waals surface area (Å²) in [6, 6.07) is 16.3. The Morgan fingerprint density at radius 1 is 0.935 bits per heavy atom. The average Bonchev–Trinajstić information content (AvgIpc) is 3.02. The van der Waals surface area contributed by atoms with E-state index >= 15 is 0 Å². The number of hydrazone groups is 1. The second kappa shape index (κ2) is 9.12. The molecule has 9 heteroatoms. The van der Waals surface area contributed by atoms with Crippen molar-refractivity contribution >= 4 is 23.3 Å². The Hall–Kier alpha value is -4.14. The number of para-hydroxylation sites is 1. The molecule has 160 valence electrons. The van der Waals surface area contributed by atoms with Crippen LogP contribution in [0.3, 0.4) is 0 Å². The van der Waals surface area contributed by atoms with E-state index in [1.165, 1.54) is 0 Å². The summed E-state index contributed by atoms with van der Waals surface area (Å²) < 4.78 is 12.5. The van der Waals surface area contributed by atoms with E-state index in [0.29, 0.717) is 11.3 Å². The van der Waals surface area contributed by atoms with E-state index in [1.807, 2.05) is 49.0 Å². The fourth-order valence-electron chi connectivity index (χ4n) is 3.10. The van der Waals surface area contributed by atoms with E-state index in [-0.39, 0.29) is 5.56 Å². The van der Waals surface area contributed by atoms with Crippen molar-refractivity contribution in [2.24, 2.45) is 12.1 Å². The zero-order chi connectivity index (χ0) is 22.5. The number of aromatic nitrogens is 2. The summed E-state index contributed by atoms with van der Waals surface area (Å²) in [5, 5.41) is 3.78. The van der Waals surface area contributed by atoms with Gasteiger partial charge in [0.2, 0.25) is 0 Å². The molecule has 0 unspecified atom stereocenters. The van der Waals surface area contributed by atoms with Crippen LogP contribution in [0.15, 0.2) is 64.5 Å². The Bertz CT molecular complexity index is 1170. The summed E-state index contributed by atoms with van der Waals surface area (Å²) in [6.07, 6.45) is 0. The fraction of sp³-hybridized carbons (Fsp3) is 0.182. The molecule has 1 N–H and O–H groups in total. The Balaban J connectivity index is 1.92. The topological polar surface area (TPSA) is 104 Å². The fourth-order valence-corrected chi connectivity index (χ4v) is 3.10. The van der Waals surface area contributed by atoms with Gasteiger partial charge in [0.15, 0.2) is 0 Å². The Morgan fingerprint density at radius 3 is 2.06 bits per heavy atom. The molecule has 9 nitrogen and oxygen atoms in total. The number of nitrogens with zero attached hydrogens (tertiary/aromatic N) is 3. The molecule has 2 aromatic carbocycles. The van der Waals surface area contributed by atoms with Gasteiger partial charge in [-0.05, 0) is 36.8 Å². The lowest BCUT2D eigenvalue weighted by Gasteiger charge is -2.07.